The third-order valence-electron chi connectivity index (χ3n) is 5.43. The van der Waals surface area contributed by atoms with Gasteiger partial charge in [0.15, 0.2) is 0 Å². The van der Waals surface area contributed by atoms with E-state index in [2.05, 4.69) is 28.2 Å². The van der Waals surface area contributed by atoms with E-state index in [4.69, 9.17) is 26.6 Å². The van der Waals surface area contributed by atoms with E-state index < -0.39 is 17.6 Å². The SMILES string of the molecule is CCCCNC(=O)NCCC[Si](OCC)(OCC)OCC.CCCNC(=O)NCCC[Si](OCC)(OCC)OCC. The lowest BCUT2D eigenvalue weighted by molar-refractivity contribution is 0.0700. The summed E-state index contributed by atoms with van der Waals surface area (Å²) in [6, 6.07) is 1.21. The van der Waals surface area contributed by atoms with Crippen LogP contribution in [0.3, 0.4) is 0 Å². The van der Waals surface area contributed by atoms with Gasteiger partial charge in [0, 0.05) is 77.9 Å². The Morgan fingerprint density at radius 2 is 0.732 bits per heavy atom. The molecule has 0 aliphatic rings. The van der Waals surface area contributed by atoms with Crippen LogP contribution in [0.5, 0.6) is 0 Å². The Hall–Kier alpha value is -1.27. The molecule has 0 saturated heterocycles. The van der Waals surface area contributed by atoms with Gasteiger partial charge in [-0.25, -0.2) is 9.59 Å². The second-order valence-electron chi connectivity index (χ2n) is 8.89. The van der Waals surface area contributed by atoms with Crippen molar-refractivity contribution in [3.63, 3.8) is 0 Å². The summed E-state index contributed by atoms with van der Waals surface area (Å²) < 4.78 is 34.5. The third-order valence-corrected chi connectivity index (χ3v) is 11.7. The zero-order valence-electron chi connectivity index (χ0n) is 27.3. The van der Waals surface area contributed by atoms with Crippen LogP contribution in [-0.4, -0.2) is 95.5 Å². The van der Waals surface area contributed by atoms with Gasteiger partial charge in [-0.1, -0.05) is 20.3 Å². The normalized spacial score (nSPS) is 11.4. The number of urea groups is 2. The number of amides is 4. The summed E-state index contributed by atoms with van der Waals surface area (Å²) in [5.74, 6) is 0. The Morgan fingerprint density at radius 1 is 0.439 bits per heavy atom. The smallest absolute Gasteiger partial charge is 0.374 e. The molecule has 0 spiro atoms. The monoisotopic (exact) mass is 626 g/mol. The van der Waals surface area contributed by atoms with Crippen LogP contribution in [0.2, 0.25) is 12.1 Å². The Labute approximate surface area is 252 Å². The summed E-state index contributed by atoms with van der Waals surface area (Å²) in [5.41, 5.74) is 0. The highest BCUT2D eigenvalue weighted by atomic mass is 28.4. The number of hydrogen-bond donors (Lipinski definition) is 4. The van der Waals surface area contributed by atoms with E-state index in [0.29, 0.717) is 59.3 Å². The standard InChI is InChI=1S/C14H32N2O4Si.C13H30N2O4Si/c1-5-9-11-15-14(17)16-12-10-13-21(18-6-2,19-7-3)20-8-4;1-5-10-14-13(16)15-11-9-12-20(17-6-2,18-7-3)19-8-4/h5-13H2,1-4H3,(H2,15,16,17);5-12H2,1-4H3,(H2,14,15,16). The minimum Gasteiger partial charge on any atom is -0.374 e. The van der Waals surface area contributed by atoms with Gasteiger partial charge in [0.05, 0.1) is 0 Å². The highest BCUT2D eigenvalue weighted by Gasteiger charge is 2.40. The highest BCUT2D eigenvalue weighted by molar-refractivity contribution is 6.61. The first-order valence-electron chi connectivity index (χ1n) is 15.6. The van der Waals surface area contributed by atoms with Gasteiger partial charge >= 0.3 is 29.7 Å². The van der Waals surface area contributed by atoms with Crippen molar-refractivity contribution in [1.29, 1.82) is 0 Å². The topological polar surface area (TPSA) is 138 Å². The second kappa shape index (κ2) is 28.8. The van der Waals surface area contributed by atoms with E-state index in [0.717, 1.165) is 50.7 Å². The van der Waals surface area contributed by atoms with Crippen molar-refractivity contribution in [3.05, 3.63) is 0 Å². The molecule has 0 saturated carbocycles. The molecular weight excluding hydrogens is 564 g/mol. The summed E-state index contributed by atoms with van der Waals surface area (Å²) in [7, 11) is -5.14. The fraction of sp³-hybridized carbons (Fsp3) is 0.926. The van der Waals surface area contributed by atoms with Crippen LogP contribution in [0.15, 0.2) is 0 Å². The molecule has 0 fully saturated rings. The Kier molecular flexibility index (Phi) is 29.4. The predicted octanol–water partition coefficient (Wildman–Crippen LogP) is 4.66. The molecule has 0 aliphatic carbocycles. The Bertz CT molecular complexity index is 590. The lowest BCUT2D eigenvalue weighted by Gasteiger charge is -2.28. The Morgan fingerprint density at radius 3 is 1.00 bits per heavy atom. The maximum Gasteiger partial charge on any atom is 0.500 e. The fourth-order valence-corrected chi connectivity index (χ4v) is 8.98. The van der Waals surface area contributed by atoms with E-state index >= 15 is 0 Å². The number of unbranched alkanes of at least 4 members (excludes halogenated alkanes) is 1. The fourth-order valence-electron chi connectivity index (χ4n) is 3.76. The summed E-state index contributed by atoms with van der Waals surface area (Å²) in [5, 5.41) is 11.3. The molecule has 0 bridgehead atoms. The molecule has 0 heterocycles. The lowest BCUT2D eigenvalue weighted by Crippen LogP contribution is -2.46. The average molecular weight is 627 g/mol. The molecule has 14 heteroatoms. The van der Waals surface area contributed by atoms with Crippen LogP contribution in [0.25, 0.3) is 0 Å². The first-order valence-corrected chi connectivity index (χ1v) is 19.5. The van der Waals surface area contributed by atoms with Crippen molar-refractivity contribution in [2.45, 2.75) is 99.6 Å². The van der Waals surface area contributed by atoms with Crippen LogP contribution in [0.1, 0.15) is 87.5 Å². The number of carbonyl (C=O) groups is 2. The average Bonchev–Trinajstić information content (AvgIpc) is 2.94. The van der Waals surface area contributed by atoms with E-state index in [-0.39, 0.29) is 12.1 Å². The van der Waals surface area contributed by atoms with Gasteiger partial charge in [-0.3, -0.25) is 0 Å². The summed E-state index contributed by atoms with van der Waals surface area (Å²) in [6.45, 7) is 21.9. The summed E-state index contributed by atoms with van der Waals surface area (Å²) in [4.78, 5) is 22.9. The molecular formula is C27H62N4O8Si2. The van der Waals surface area contributed by atoms with Crippen LogP contribution in [-0.2, 0) is 26.6 Å². The van der Waals surface area contributed by atoms with Gasteiger partial charge in [0.25, 0.3) is 0 Å². The Balaban J connectivity index is 0. The lowest BCUT2D eigenvalue weighted by atomic mass is 10.3. The van der Waals surface area contributed by atoms with Gasteiger partial charge in [-0.15, -0.1) is 0 Å². The molecule has 41 heavy (non-hydrogen) atoms. The number of hydrogen-bond acceptors (Lipinski definition) is 8. The van der Waals surface area contributed by atoms with Gasteiger partial charge in [-0.2, -0.15) is 0 Å². The molecule has 0 aromatic carbocycles. The largest absolute Gasteiger partial charge is 0.500 e. The number of nitrogens with one attached hydrogen (secondary N) is 4. The quantitative estimate of drug-likeness (QED) is 0.0849. The van der Waals surface area contributed by atoms with Crippen molar-refractivity contribution in [3.8, 4) is 0 Å². The number of carbonyl (C=O) groups excluding carboxylic acids is 2. The molecule has 12 nitrogen and oxygen atoms in total. The molecule has 0 aromatic rings. The van der Waals surface area contributed by atoms with E-state index in [1.807, 2.05) is 48.5 Å². The molecule has 246 valence electrons. The van der Waals surface area contributed by atoms with Crippen LogP contribution in [0, 0.1) is 0 Å². The zero-order chi connectivity index (χ0) is 31.2. The molecule has 0 aromatic heterocycles. The maximum absolute atomic E-state index is 11.5. The van der Waals surface area contributed by atoms with E-state index in [1.54, 1.807) is 0 Å². The van der Waals surface area contributed by atoms with Gasteiger partial charge in [0.1, 0.15) is 0 Å². The van der Waals surface area contributed by atoms with Crippen molar-refractivity contribution < 1.29 is 36.1 Å². The second-order valence-corrected chi connectivity index (χ2v) is 14.4. The van der Waals surface area contributed by atoms with Crippen molar-refractivity contribution in [1.82, 2.24) is 21.3 Å². The molecule has 0 aliphatic heterocycles. The van der Waals surface area contributed by atoms with Crippen LogP contribution < -0.4 is 21.3 Å². The molecule has 0 rings (SSSR count). The first-order chi connectivity index (χ1) is 19.8. The minimum absolute atomic E-state index is 0.111. The van der Waals surface area contributed by atoms with Crippen LogP contribution in [0.4, 0.5) is 9.59 Å². The molecule has 4 N–H and O–H groups in total. The molecule has 0 unspecified atom stereocenters. The summed E-state index contributed by atoms with van der Waals surface area (Å²) >= 11 is 0. The zero-order valence-corrected chi connectivity index (χ0v) is 29.3. The maximum atomic E-state index is 11.5. The van der Waals surface area contributed by atoms with Crippen molar-refractivity contribution in [2.24, 2.45) is 0 Å². The van der Waals surface area contributed by atoms with Gasteiger partial charge in [0.2, 0.25) is 0 Å². The van der Waals surface area contributed by atoms with Gasteiger partial charge < -0.3 is 47.8 Å². The van der Waals surface area contributed by atoms with E-state index in [1.165, 1.54) is 0 Å². The first kappa shape index (κ1) is 41.9. The molecule has 4 amide bonds. The van der Waals surface area contributed by atoms with E-state index in [9.17, 15) is 9.59 Å². The van der Waals surface area contributed by atoms with Gasteiger partial charge in [-0.05, 0) is 67.2 Å². The summed E-state index contributed by atoms with van der Waals surface area (Å²) in [6.07, 6.45) is 4.58. The van der Waals surface area contributed by atoms with Crippen molar-refractivity contribution >= 4 is 29.7 Å². The van der Waals surface area contributed by atoms with Crippen molar-refractivity contribution in [2.75, 3.05) is 65.8 Å². The number of rotatable bonds is 25. The molecule has 0 radical (unpaired) electrons. The third kappa shape index (κ3) is 22.9. The highest BCUT2D eigenvalue weighted by Crippen LogP contribution is 2.18. The molecule has 0 atom stereocenters. The predicted molar refractivity (Wildman–Crippen MR) is 168 cm³/mol. The minimum atomic E-state index is -2.57. The van der Waals surface area contributed by atoms with Crippen LogP contribution >= 0.6 is 0 Å².